The quantitative estimate of drug-likeness (QED) is 0.524. The molecule has 2 heterocycles. The van der Waals surface area contributed by atoms with E-state index in [1.165, 1.54) is 5.56 Å². The number of para-hydroxylation sites is 1. The predicted octanol–water partition coefficient (Wildman–Crippen LogP) is 4.40. The fourth-order valence-corrected chi connectivity index (χ4v) is 3.41. The third-order valence-corrected chi connectivity index (χ3v) is 4.79. The van der Waals surface area contributed by atoms with E-state index in [2.05, 4.69) is 44.8 Å². The summed E-state index contributed by atoms with van der Waals surface area (Å²) in [6.07, 6.45) is 0. The van der Waals surface area contributed by atoms with Crippen molar-refractivity contribution in [2.75, 3.05) is 12.4 Å². The summed E-state index contributed by atoms with van der Waals surface area (Å²) in [4.78, 5) is 8.24. The number of aryl methyl sites for hydroxylation is 2. The van der Waals surface area contributed by atoms with Crippen LogP contribution in [0.5, 0.6) is 0 Å². The molecule has 0 saturated carbocycles. The van der Waals surface area contributed by atoms with Gasteiger partial charge in [0.05, 0.1) is 12.1 Å². The summed E-state index contributed by atoms with van der Waals surface area (Å²) in [5, 5.41) is 13.2. The first-order valence-electron chi connectivity index (χ1n) is 9.26. The molecule has 142 valence electrons. The molecule has 6 heteroatoms. The number of benzene rings is 2. The Balaban J connectivity index is 1.72. The molecule has 0 aliphatic carbocycles. The van der Waals surface area contributed by atoms with Crippen molar-refractivity contribution in [3.63, 3.8) is 0 Å². The standard InChI is InChI=1S/C22H23N5O/c1-14-19(18-11-7-10-17(13-28-3)20(18)24-14)22-25-21(15(2)26-27-22)23-12-16-8-5-4-6-9-16/h4-11,24H,12-13H2,1-3H3,(H,23,25,27). The highest BCUT2D eigenvalue weighted by atomic mass is 16.5. The summed E-state index contributed by atoms with van der Waals surface area (Å²) in [5.74, 6) is 1.36. The maximum Gasteiger partial charge on any atom is 0.186 e. The maximum absolute atomic E-state index is 5.33. The summed E-state index contributed by atoms with van der Waals surface area (Å²) in [6.45, 7) is 5.18. The zero-order valence-electron chi connectivity index (χ0n) is 16.3. The molecule has 2 aromatic heterocycles. The van der Waals surface area contributed by atoms with Crippen LogP contribution < -0.4 is 5.32 Å². The van der Waals surface area contributed by atoms with Crippen LogP contribution in [0.4, 0.5) is 5.82 Å². The van der Waals surface area contributed by atoms with Gasteiger partial charge >= 0.3 is 0 Å². The van der Waals surface area contributed by atoms with Crippen LogP contribution in [0.15, 0.2) is 48.5 Å². The number of methoxy groups -OCH3 is 1. The van der Waals surface area contributed by atoms with Gasteiger partial charge in [0.1, 0.15) is 5.69 Å². The molecular weight excluding hydrogens is 350 g/mol. The van der Waals surface area contributed by atoms with Gasteiger partial charge in [-0.15, -0.1) is 10.2 Å². The van der Waals surface area contributed by atoms with E-state index in [9.17, 15) is 0 Å². The van der Waals surface area contributed by atoms with Crippen LogP contribution >= 0.6 is 0 Å². The molecule has 0 aliphatic rings. The average Bonchev–Trinajstić information content (AvgIpc) is 3.05. The van der Waals surface area contributed by atoms with Crippen LogP contribution in [-0.2, 0) is 17.9 Å². The number of anilines is 1. The number of hydrogen-bond acceptors (Lipinski definition) is 5. The minimum absolute atomic E-state index is 0.549. The van der Waals surface area contributed by atoms with Crippen molar-refractivity contribution in [1.82, 2.24) is 20.2 Å². The summed E-state index contributed by atoms with van der Waals surface area (Å²) >= 11 is 0. The molecule has 0 aliphatic heterocycles. The van der Waals surface area contributed by atoms with Crippen LogP contribution in [0.3, 0.4) is 0 Å². The Bertz CT molecular complexity index is 1100. The predicted molar refractivity (Wildman–Crippen MR) is 111 cm³/mol. The number of aromatic nitrogens is 4. The lowest BCUT2D eigenvalue weighted by Gasteiger charge is -2.09. The topological polar surface area (TPSA) is 75.7 Å². The van der Waals surface area contributed by atoms with Crippen molar-refractivity contribution in [3.8, 4) is 11.4 Å². The summed E-state index contributed by atoms with van der Waals surface area (Å²) in [5.41, 5.74) is 6.12. The number of hydrogen-bond donors (Lipinski definition) is 2. The van der Waals surface area contributed by atoms with E-state index < -0.39 is 0 Å². The Morgan fingerprint density at radius 1 is 1.00 bits per heavy atom. The van der Waals surface area contributed by atoms with Crippen molar-refractivity contribution < 1.29 is 4.74 Å². The molecule has 0 saturated heterocycles. The van der Waals surface area contributed by atoms with Gasteiger partial charge in [-0.25, -0.2) is 4.98 Å². The van der Waals surface area contributed by atoms with Gasteiger partial charge in [-0.2, -0.15) is 0 Å². The lowest BCUT2D eigenvalue weighted by atomic mass is 10.1. The van der Waals surface area contributed by atoms with Gasteiger partial charge in [-0.05, 0) is 19.4 Å². The van der Waals surface area contributed by atoms with Crippen molar-refractivity contribution in [3.05, 3.63) is 71.0 Å². The molecule has 4 rings (SSSR count). The summed E-state index contributed by atoms with van der Waals surface area (Å²) in [6, 6.07) is 16.4. The maximum atomic E-state index is 5.33. The Kier molecular flexibility index (Phi) is 5.04. The van der Waals surface area contributed by atoms with Gasteiger partial charge in [0, 0.05) is 35.9 Å². The first kappa shape index (κ1) is 18.1. The van der Waals surface area contributed by atoms with E-state index in [0.717, 1.165) is 39.2 Å². The van der Waals surface area contributed by atoms with Crippen LogP contribution in [0.25, 0.3) is 22.3 Å². The molecule has 2 aromatic carbocycles. The molecule has 4 aromatic rings. The largest absolute Gasteiger partial charge is 0.380 e. The fourth-order valence-electron chi connectivity index (χ4n) is 3.41. The average molecular weight is 373 g/mol. The monoisotopic (exact) mass is 373 g/mol. The first-order chi connectivity index (χ1) is 13.7. The fraction of sp³-hybridized carbons (Fsp3) is 0.227. The molecule has 0 fully saturated rings. The Morgan fingerprint density at radius 3 is 2.61 bits per heavy atom. The number of H-pyrrole nitrogens is 1. The van der Waals surface area contributed by atoms with Gasteiger partial charge in [0.2, 0.25) is 0 Å². The number of nitrogens with one attached hydrogen (secondary N) is 2. The summed E-state index contributed by atoms with van der Waals surface area (Å²) in [7, 11) is 1.70. The smallest absolute Gasteiger partial charge is 0.186 e. The molecular formula is C22H23N5O. The first-order valence-corrected chi connectivity index (χ1v) is 9.26. The van der Waals surface area contributed by atoms with E-state index in [1.807, 2.05) is 38.1 Å². The van der Waals surface area contributed by atoms with E-state index in [4.69, 9.17) is 9.72 Å². The van der Waals surface area contributed by atoms with E-state index in [-0.39, 0.29) is 0 Å². The SMILES string of the molecule is COCc1cccc2c(-c3nnc(C)c(NCc4ccccc4)n3)c(C)[nH]c12. The highest BCUT2D eigenvalue weighted by molar-refractivity contribution is 5.97. The van der Waals surface area contributed by atoms with Crippen LogP contribution in [0.2, 0.25) is 0 Å². The second kappa shape index (κ2) is 7.78. The molecule has 2 N–H and O–H groups in total. The zero-order chi connectivity index (χ0) is 19.5. The zero-order valence-corrected chi connectivity index (χ0v) is 16.3. The van der Waals surface area contributed by atoms with Gasteiger partial charge < -0.3 is 15.0 Å². The minimum atomic E-state index is 0.549. The molecule has 28 heavy (non-hydrogen) atoms. The molecule has 0 amide bonds. The highest BCUT2D eigenvalue weighted by Gasteiger charge is 2.17. The lowest BCUT2D eigenvalue weighted by Crippen LogP contribution is -2.07. The van der Waals surface area contributed by atoms with Crippen molar-refractivity contribution in [1.29, 1.82) is 0 Å². The summed E-state index contributed by atoms with van der Waals surface area (Å²) < 4.78 is 5.33. The minimum Gasteiger partial charge on any atom is -0.380 e. The third-order valence-electron chi connectivity index (χ3n) is 4.79. The van der Waals surface area contributed by atoms with E-state index in [1.54, 1.807) is 7.11 Å². The van der Waals surface area contributed by atoms with Crippen LogP contribution in [0.1, 0.15) is 22.5 Å². The third kappa shape index (κ3) is 3.46. The van der Waals surface area contributed by atoms with E-state index in [0.29, 0.717) is 19.0 Å². The number of fused-ring (bicyclic) bond motifs is 1. The molecule has 0 bridgehead atoms. The second-order valence-electron chi connectivity index (χ2n) is 6.81. The number of nitrogens with zero attached hydrogens (tertiary/aromatic N) is 3. The Labute approximate surface area is 164 Å². The molecule has 0 unspecified atom stereocenters. The number of aromatic amines is 1. The normalized spacial score (nSPS) is 11.1. The molecule has 0 radical (unpaired) electrons. The van der Waals surface area contributed by atoms with Crippen LogP contribution in [-0.4, -0.2) is 27.3 Å². The number of ether oxygens (including phenoxy) is 1. The van der Waals surface area contributed by atoms with Gasteiger partial charge in [-0.3, -0.25) is 0 Å². The second-order valence-corrected chi connectivity index (χ2v) is 6.81. The van der Waals surface area contributed by atoms with Crippen molar-refractivity contribution >= 4 is 16.7 Å². The van der Waals surface area contributed by atoms with Crippen molar-refractivity contribution in [2.45, 2.75) is 27.0 Å². The van der Waals surface area contributed by atoms with Gasteiger partial charge in [-0.1, -0.05) is 48.5 Å². The van der Waals surface area contributed by atoms with Crippen molar-refractivity contribution in [2.24, 2.45) is 0 Å². The Hall–Kier alpha value is -3.25. The molecule has 0 spiro atoms. The molecule has 0 atom stereocenters. The molecule has 6 nitrogen and oxygen atoms in total. The number of rotatable bonds is 6. The highest BCUT2D eigenvalue weighted by Crippen LogP contribution is 2.32. The Morgan fingerprint density at radius 2 is 1.82 bits per heavy atom. The van der Waals surface area contributed by atoms with E-state index >= 15 is 0 Å². The van der Waals surface area contributed by atoms with Gasteiger partial charge in [0.15, 0.2) is 11.6 Å². The lowest BCUT2D eigenvalue weighted by molar-refractivity contribution is 0.186. The van der Waals surface area contributed by atoms with Gasteiger partial charge in [0.25, 0.3) is 0 Å². The van der Waals surface area contributed by atoms with Crippen LogP contribution in [0, 0.1) is 13.8 Å².